The van der Waals surface area contributed by atoms with Crippen molar-refractivity contribution in [3.63, 3.8) is 0 Å². The van der Waals surface area contributed by atoms with Gasteiger partial charge in [-0.05, 0) is 106 Å². The van der Waals surface area contributed by atoms with Crippen LogP contribution in [0.2, 0.25) is 0 Å². The molecule has 2 rings (SSSR count). The van der Waals surface area contributed by atoms with Gasteiger partial charge in [-0.15, -0.1) is 0 Å². The minimum absolute atomic E-state index is 0.106. The van der Waals surface area contributed by atoms with Crippen LogP contribution in [-0.2, 0) is 22.4 Å². The number of carbonyl (C=O) groups is 2. The lowest BCUT2D eigenvalue weighted by Crippen LogP contribution is -2.41. The smallest absolute Gasteiger partial charge is 0.405 e. The van der Waals surface area contributed by atoms with Crippen LogP contribution in [0, 0.1) is 0 Å². The Morgan fingerprint density at radius 1 is 1.03 bits per heavy atom. The lowest BCUT2D eigenvalue weighted by atomic mass is 10.1. The van der Waals surface area contributed by atoms with Crippen molar-refractivity contribution in [3.05, 3.63) is 53.3 Å². The number of aromatic hydroxyl groups is 1. The number of benzene rings is 2. The molecule has 7 nitrogen and oxygen atoms in total. The predicted molar refractivity (Wildman–Crippen MR) is 127 cm³/mol. The normalized spacial score (nSPS) is 11.6. The van der Waals surface area contributed by atoms with E-state index in [1.807, 2.05) is 0 Å². The van der Waals surface area contributed by atoms with Crippen LogP contribution in [0.15, 0.2) is 42.2 Å². The Bertz CT molecular complexity index is 909. The Morgan fingerprint density at radius 2 is 1.57 bits per heavy atom. The van der Waals surface area contributed by atoms with E-state index in [1.54, 1.807) is 31.4 Å². The Balaban J connectivity index is 2.06. The number of primary amides is 1. The minimum atomic E-state index is -1.09. The van der Waals surface area contributed by atoms with E-state index >= 15 is 0 Å². The van der Waals surface area contributed by atoms with E-state index in [0.29, 0.717) is 36.6 Å². The number of halogens is 4. The molecule has 30 heavy (non-hydrogen) atoms. The van der Waals surface area contributed by atoms with E-state index in [1.165, 1.54) is 0 Å². The number of ether oxygens (including phenoxy) is 2. The zero-order valence-electron chi connectivity index (χ0n) is 15.7. The summed E-state index contributed by atoms with van der Waals surface area (Å²) >= 11 is 13.4. The lowest BCUT2D eigenvalue weighted by molar-refractivity contribution is -0.129. The van der Waals surface area contributed by atoms with Crippen molar-refractivity contribution in [2.45, 2.75) is 18.9 Å². The fourth-order valence-electron chi connectivity index (χ4n) is 2.67. The van der Waals surface area contributed by atoms with Gasteiger partial charge in [0.2, 0.25) is 0 Å². The van der Waals surface area contributed by atoms with Crippen molar-refractivity contribution < 1.29 is 24.2 Å². The summed E-state index contributed by atoms with van der Waals surface area (Å²) in [6, 6.07) is 7.07. The highest BCUT2D eigenvalue weighted by Gasteiger charge is 2.23. The highest BCUT2D eigenvalue weighted by atomic mass is 79.9. The van der Waals surface area contributed by atoms with Crippen LogP contribution in [0.5, 0.6) is 11.5 Å². The maximum Gasteiger partial charge on any atom is 0.405 e. The third-order valence-electron chi connectivity index (χ3n) is 4.02. The fraction of sp³-hybridized carbons (Fsp3) is 0.263. The van der Waals surface area contributed by atoms with Crippen LogP contribution >= 0.6 is 63.7 Å². The molecule has 2 aromatic carbocycles. The molecule has 0 aliphatic rings. The molecule has 0 bridgehead atoms. The number of hydrogen-bond acceptors (Lipinski definition) is 5. The first-order valence-corrected chi connectivity index (χ1v) is 11.7. The molecule has 0 heterocycles. The van der Waals surface area contributed by atoms with Gasteiger partial charge in [0, 0.05) is 13.0 Å². The Kier molecular flexibility index (Phi) is 9.45. The van der Waals surface area contributed by atoms with Crippen LogP contribution < -0.4 is 15.8 Å². The number of amides is 2. The summed E-state index contributed by atoms with van der Waals surface area (Å²) in [5.41, 5.74) is 6.77. The first-order valence-electron chi connectivity index (χ1n) is 8.55. The Morgan fingerprint density at radius 3 is 2.07 bits per heavy atom. The molecule has 0 saturated carbocycles. The number of rotatable bonds is 8. The molecule has 0 spiro atoms. The number of phenols is 1. The van der Waals surface area contributed by atoms with Crippen LogP contribution in [0.1, 0.15) is 11.1 Å². The van der Waals surface area contributed by atoms with Gasteiger partial charge < -0.3 is 25.6 Å². The van der Waals surface area contributed by atoms with E-state index in [-0.39, 0.29) is 12.2 Å². The molecule has 0 saturated heterocycles. The monoisotopic (exact) mass is 670 g/mol. The van der Waals surface area contributed by atoms with E-state index in [0.717, 1.165) is 11.1 Å². The first kappa shape index (κ1) is 25.0. The van der Waals surface area contributed by atoms with Gasteiger partial charge in [0.15, 0.2) is 6.10 Å². The second-order valence-corrected chi connectivity index (χ2v) is 9.59. The van der Waals surface area contributed by atoms with Gasteiger partial charge in [0.25, 0.3) is 5.91 Å². The van der Waals surface area contributed by atoms with Crippen LogP contribution in [0.25, 0.3) is 0 Å². The van der Waals surface area contributed by atoms with Gasteiger partial charge in [0.05, 0.1) is 25.0 Å². The van der Waals surface area contributed by atoms with Crippen molar-refractivity contribution >= 4 is 75.7 Å². The van der Waals surface area contributed by atoms with E-state index in [2.05, 4.69) is 69.0 Å². The zero-order valence-corrected chi connectivity index (χ0v) is 22.0. The minimum Gasteiger partial charge on any atom is -0.506 e. The van der Waals surface area contributed by atoms with Gasteiger partial charge in [-0.1, -0.05) is 0 Å². The predicted octanol–water partition coefficient (Wildman–Crippen LogP) is 4.82. The summed E-state index contributed by atoms with van der Waals surface area (Å²) in [4.78, 5) is 23.9. The molecule has 1 unspecified atom stereocenters. The first-order chi connectivity index (χ1) is 14.1. The summed E-state index contributed by atoms with van der Waals surface area (Å²) < 4.78 is 12.8. The highest BCUT2D eigenvalue weighted by molar-refractivity contribution is 9.11. The van der Waals surface area contributed by atoms with Crippen LogP contribution in [-0.4, -0.2) is 36.9 Å². The summed E-state index contributed by atoms with van der Waals surface area (Å²) in [5, 5.41) is 12.5. The van der Waals surface area contributed by atoms with Gasteiger partial charge >= 0.3 is 6.09 Å². The van der Waals surface area contributed by atoms with Gasteiger partial charge in [-0.2, -0.15) is 0 Å². The van der Waals surface area contributed by atoms with Crippen molar-refractivity contribution in [1.29, 1.82) is 0 Å². The van der Waals surface area contributed by atoms with Crippen LogP contribution in [0.3, 0.4) is 0 Å². The molecular weight excluding hydrogens is 656 g/mol. The molecule has 11 heteroatoms. The summed E-state index contributed by atoms with van der Waals surface area (Å²) in [6.45, 7) is 0.303. The number of hydrogen-bond donors (Lipinski definition) is 3. The van der Waals surface area contributed by atoms with E-state index in [4.69, 9.17) is 15.2 Å². The average molecular weight is 674 g/mol. The average Bonchev–Trinajstić information content (AvgIpc) is 2.65. The SMILES string of the molecule is COc1c(Br)cc(CC(OC(N)=O)C(=O)NCCc2cc(Br)c(O)c(Br)c2)cc1Br. The summed E-state index contributed by atoms with van der Waals surface area (Å²) in [7, 11) is 1.54. The number of carbonyl (C=O) groups excluding carboxylic acids is 2. The van der Waals surface area contributed by atoms with Gasteiger partial charge in [-0.3, -0.25) is 4.79 Å². The molecule has 4 N–H and O–H groups in total. The van der Waals surface area contributed by atoms with Crippen LogP contribution in [0.4, 0.5) is 4.79 Å². The number of phenolic OH excluding ortho intramolecular Hbond substituents is 1. The molecule has 2 amide bonds. The lowest BCUT2D eigenvalue weighted by Gasteiger charge is -2.18. The van der Waals surface area contributed by atoms with E-state index in [9.17, 15) is 14.7 Å². The highest BCUT2D eigenvalue weighted by Crippen LogP contribution is 2.35. The topological polar surface area (TPSA) is 111 Å². The molecular formula is C19H18Br4N2O5. The quantitative estimate of drug-likeness (QED) is 0.373. The third-order valence-corrected chi connectivity index (χ3v) is 6.41. The van der Waals surface area contributed by atoms with Crippen molar-refractivity contribution in [3.8, 4) is 11.5 Å². The Labute approximate surface area is 207 Å². The van der Waals surface area contributed by atoms with Crippen molar-refractivity contribution in [1.82, 2.24) is 5.32 Å². The maximum atomic E-state index is 12.6. The molecule has 0 radical (unpaired) electrons. The van der Waals surface area contributed by atoms with Crippen molar-refractivity contribution in [2.24, 2.45) is 5.73 Å². The molecule has 0 aliphatic heterocycles. The number of nitrogens with one attached hydrogen (secondary N) is 1. The molecule has 0 aromatic heterocycles. The standard InChI is InChI=1S/C19H18Br4N2O5/c1-29-17-13(22)6-10(7-14(17)23)8-15(30-19(24)28)18(27)25-3-2-9-4-11(20)16(26)12(21)5-9/h4-7,15,26H,2-3,8H2,1H3,(H2,24,28)(H,25,27). The molecule has 1 atom stereocenters. The summed E-state index contributed by atoms with van der Waals surface area (Å²) in [6.07, 6.45) is -1.49. The summed E-state index contributed by atoms with van der Waals surface area (Å²) in [5.74, 6) is 0.255. The fourth-order valence-corrected chi connectivity index (χ4v) is 5.56. The van der Waals surface area contributed by atoms with E-state index < -0.39 is 18.1 Å². The molecule has 0 aliphatic carbocycles. The molecule has 162 valence electrons. The maximum absolute atomic E-state index is 12.6. The largest absolute Gasteiger partial charge is 0.506 e. The zero-order chi connectivity index (χ0) is 22.4. The van der Waals surface area contributed by atoms with Gasteiger partial charge in [-0.25, -0.2) is 4.79 Å². The second-order valence-electron chi connectivity index (χ2n) is 6.17. The van der Waals surface area contributed by atoms with Gasteiger partial charge in [0.1, 0.15) is 11.5 Å². The molecule has 2 aromatic rings. The second kappa shape index (κ2) is 11.4. The molecule has 0 fully saturated rings. The van der Waals surface area contributed by atoms with Crippen molar-refractivity contribution in [2.75, 3.05) is 13.7 Å². The Hall–Kier alpha value is -1.30. The third kappa shape index (κ3) is 6.86. The number of methoxy groups -OCH3 is 1. The number of nitrogens with two attached hydrogens (primary N) is 1.